The van der Waals surface area contributed by atoms with Gasteiger partial charge in [0.1, 0.15) is 0 Å². The molecule has 0 aliphatic carbocycles. The van der Waals surface area contributed by atoms with Crippen LogP contribution in [0.1, 0.15) is 5.89 Å². The van der Waals surface area contributed by atoms with Crippen LogP contribution in [0.15, 0.2) is 29.0 Å². The van der Waals surface area contributed by atoms with Gasteiger partial charge in [0.2, 0.25) is 11.7 Å². The van der Waals surface area contributed by atoms with Gasteiger partial charge in [0, 0.05) is 18.0 Å². The summed E-state index contributed by atoms with van der Waals surface area (Å²) in [6.45, 7) is 0. The number of nitrogens with zero attached hydrogens (tertiary/aromatic N) is 3. The Balaban J connectivity index is 2.24. The summed E-state index contributed by atoms with van der Waals surface area (Å²) >= 11 is 4.74. The van der Waals surface area contributed by atoms with E-state index in [-0.39, 0.29) is 0 Å². The summed E-state index contributed by atoms with van der Waals surface area (Å²) in [6, 6.07) is 3.65. The SMILES string of the molecule is NC(=S)Cc1nc(-c2cccnc2)no1. The van der Waals surface area contributed by atoms with Gasteiger partial charge in [0.25, 0.3) is 0 Å². The van der Waals surface area contributed by atoms with E-state index < -0.39 is 0 Å². The second-order valence-electron chi connectivity index (χ2n) is 2.90. The van der Waals surface area contributed by atoms with Crippen LogP contribution in [0.5, 0.6) is 0 Å². The molecule has 0 aliphatic rings. The molecule has 2 aromatic heterocycles. The zero-order valence-electron chi connectivity index (χ0n) is 7.75. The van der Waals surface area contributed by atoms with E-state index in [1.807, 2.05) is 6.07 Å². The lowest BCUT2D eigenvalue weighted by molar-refractivity contribution is 0.389. The molecule has 0 saturated carbocycles. The molecule has 0 atom stereocenters. The summed E-state index contributed by atoms with van der Waals surface area (Å²) in [5.74, 6) is 0.913. The first kappa shape index (κ1) is 9.72. The molecular formula is C9H8N4OS. The molecule has 0 spiro atoms. The average molecular weight is 220 g/mol. The molecule has 6 heteroatoms. The fraction of sp³-hybridized carbons (Fsp3) is 0.111. The molecule has 2 heterocycles. The monoisotopic (exact) mass is 220 g/mol. The minimum absolute atomic E-state index is 0.322. The molecule has 0 amide bonds. The summed E-state index contributed by atoms with van der Waals surface area (Å²) < 4.78 is 4.97. The first-order chi connectivity index (χ1) is 7.25. The van der Waals surface area contributed by atoms with Crippen molar-refractivity contribution in [2.45, 2.75) is 6.42 Å². The summed E-state index contributed by atoms with van der Waals surface area (Å²) in [6.07, 6.45) is 3.66. The fourth-order valence-corrected chi connectivity index (χ4v) is 1.21. The highest BCUT2D eigenvalue weighted by molar-refractivity contribution is 7.80. The topological polar surface area (TPSA) is 77.8 Å². The summed E-state index contributed by atoms with van der Waals surface area (Å²) in [5, 5.41) is 3.80. The van der Waals surface area contributed by atoms with Crippen LogP contribution >= 0.6 is 12.2 Å². The summed E-state index contributed by atoms with van der Waals surface area (Å²) in [4.78, 5) is 8.42. The van der Waals surface area contributed by atoms with E-state index in [0.717, 1.165) is 5.56 Å². The minimum Gasteiger partial charge on any atom is -0.393 e. The number of aromatic nitrogens is 3. The highest BCUT2D eigenvalue weighted by atomic mass is 32.1. The fourth-order valence-electron chi connectivity index (χ4n) is 1.09. The van der Waals surface area contributed by atoms with E-state index in [9.17, 15) is 0 Å². The molecule has 0 radical (unpaired) electrons. The molecule has 2 rings (SSSR count). The van der Waals surface area contributed by atoms with Crippen molar-refractivity contribution in [1.82, 2.24) is 15.1 Å². The van der Waals surface area contributed by atoms with Gasteiger partial charge < -0.3 is 10.3 Å². The Kier molecular flexibility index (Phi) is 2.68. The number of hydrogen-bond acceptors (Lipinski definition) is 5. The highest BCUT2D eigenvalue weighted by Crippen LogP contribution is 2.13. The lowest BCUT2D eigenvalue weighted by atomic mass is 10.3. The second kappa shape index (κ2) is 4.14. The van der Waals surface area contributed by atoms with Gasteiger partial charge in [-0.15, -0.1) is 0 Å². The zero-order chi connectivity index (χ0) is 10.7. The Morgan fingerprint density at radius 2 is 2.40 bits per heavy atom. The first-order valence-electron chi connectivity index (χ1n) is 4.27. The van der Waals surface area contributed by atoms with Crippen molar-refractivity contribution < 1.29 is 4.52 Å². The van der Waals surface area contributed by atoms with Crippen LogP contribution in [0.4, 0.5) is 0 Å². The summed E-state index contributed by atoms with van der Waals surface area (Å²) in [5.41, 5.74) is 6.17. The van der Waals surface area contributed by atoms with Crippen LogP contribution in [0, 0.1) is 0 Å². The van der Waals surface area contributed by atoms with Crippen molar-refractivity contribution >= 4 is 17.2 Å². The smallest absolute Gasteiger partial charge is 0.233 e. The lowest BCUT2D eigenvalue weighted by Gasteiger charge is -1.90. The largest absolute Gasteiger partial charge is 0.393 e. The molecule has 2 aromatic rings. The first-order valence-corrected chi connectivity index (χ1v) is 4.68. The average Bonchev–Trinajstić information content (AvgIpc) is 2.67. The summed E-state index contributed by atoms with van der Waals surface area (Å²) in [7, 11) is 0. The number of hydrogen-bond donors (Lipinski definition) is 1. The molecule has 0 bridgehead atoms. The number of nitrogens with two attached hydrogens (primary N) is 1. The molecule has 0 fully saturated rings. The van der Waals surface area contributed by atoms with Crippen molar-refractivity contribution in [1.29, 1.82) is 0 Å². The van der Waals surface area contributed by atoms with Gasteiger partial charge in [0.05, 0.1) is 11.4 Å². The van der Waals surface area contributed by atoms with Gasteiger partial charge in [-0.1, -0.05) is 17.4 Å². The third-order valence-electron chi connectivity index (χ3n) is 1.71. The van der Waals surface area contributed by atoms with Crippen molar-refractivity contribution in [2.75, 3.05) is 0 Å². The maximum Gasteiger partial charge on any atom is 0.233 e. The Hall–Kier alpha value is -1.82. The van der Waals surface area contributed by atoms with Crippen LogP contribution in [-0.4, -0.2) is 20.1 Å². The quantitative estimate of drug-likeness (QED) is 0.776. The van der Waals surface area contributed by atoms with E-state index in [4.69, 9.17) is 22.5 Å². The zero-order valence-corrected chi connectivity index (χ0v) is 8.57. The van der Waals surface area contributed by atoms with E-state index in [1.54, 1.807) is 18.5 Å². The van der Waals surface area contributed by atoms with E-state index >= 15 is 0 Å². The molecule has 2 N–H and O–H groups in total. The van der Waals surface area contributed by atoms with E-state index in [0.29, 0.717) is 23.1 Å². The second-order valence-corrected chi connectivity index (χ2v) is 3.42. The minimum atomic E-state index is 0.322. The van der Waals surface area contributed by atoms with E-state index in [1.165, 1.54) is 0 Å². The van der Waals surface area contributed by atoms with E-state index in [2.05, 4.69) is 15.1 Å². The molecule has 0 saturated heterocycles. The van der Waals surface area contributed by atoms with Crippen molar-refractivity contribution in [3.05, 3.63) is 30.4 Å². The van der Waals surface area contributed by atoms with Crippen LogP contribution in [0.3, 0.4) is 0 Å². The van der Waals surface area contributed by atoms with Crippen LogP contribution in [-0.2, 0) is 6.42 Å². The molecule has 0 aromatic carbocycles. The molecular weight excluding hydrogens is 212 g/mol. The number of thiocarbonyl (C=S) groups is 1. The molecule has 0 aliphatic heterocycles. The normalized spacial score (nSPS) is 10.1. The predicted octanol–water partition coefficient (Wildman–Crippen LogP) is 0.960. The Morgan fingerprint density at radius 3 is 3.07 bits per heavy atom. The number of pyridine rings is 1. The van der Waals surface area contributed by atoms with Crippen LogP contribution < -0.4 is 5.73 Å². The van der Waals surface area contributed by atoms with Gasteiger partial charge in [-0.2, -0.15) is 4.98 Å². The lowest BCUT2D eigenvalue weighted by Crippen LogP contribution is -2.11. The molecule has 0 unspecified atom stereocenters. The molecule has 5 nitrogen and oxygen atoms in total. The van der Waals surface area contributed by atoms with Gasteiger partial charge in [-0.3, -0.25) is 4.98 Å². The Morgan fingerprint density at radius 1 is 1.53 bits per heavy atom. The molecule has 76 valence electrons. The number of rotatable bonds is 3. The van der Waals surface area contributed by atoms with Gasteiger partial charge >= 0.3 is 0 Å². The van der Waals surface area contributed by atoms with Crippen LogP contribution in [0.2, 0.25) is 0 Å². The Bertz CT molecular complexity index is 468. The third kappa shape index (κ3) is 2.35. The third-order valence-corrected chi connectivity index (χ3v) is 1.86. The van der Waals surface area contributed by atoms with Gasteiger partial charge in [-0.05, 0) is 12.1 Å². The van der Waals surface area contributed by atoms with Crippen molar-refractivity contribution in [2.24, 2.45) is 5.73 Å². The van der Waals surface area contributed by atoms with Crippen molar-refractivity contribution in [3.8, 4) is 11.4 Å². The van der Waals surface area contributed by atoms with Gasteiger partial charge in [-0.25, -0.2) is 0 Å². The molecule has 15 heavy (non-hydrogen) atoms. The maximum absolute atomic E-state index is 5.36. The van der Waals surface area contributed by atoms with Crippen LogP contribution in [0.25, 0.3) is 11.4 Å². The van der Waals surface area contributed by atoms with Gasteiger partial charge in [0.15, 0.2) is 0 Å². The standard InChI is InChI=1S/C9H8N4OS/c10-7(15)4-8-12-9(13-14-8)6-2-1-3-11-5-6/h1-3,5H,4H2,(H2,10,15). The van der Waals surface area contributed by atoms with Crippen molar-refractivity contribution in [3.63, 3.8) is 0 Å². The highest BCUT2D eigenvalue weighted by Gasteiger charge is 2.08. The predicted molar refractivity (Wildman–Crippen MR) is 58.0 cm³/mol. The maximum atomic E-state index is 5.36. The Labute approximate surface area is 91.3 Å².